The zero-order valence-electron chi connectivity index (χ0n) is 11.0. The largest absolute Gasteiger partial charge is 0.395 e. The number of aliphatic hydroxyl groups is 1. The summed E-state index contributed by atoms with van der Waals surface area (Å²) in [5.74, 6) is -0.788. The number of hydrogen-bond acceptors (Lipinski definition) is 3. The van der Waals surface area contributed by atoms with Crippen molar-refractivity contribution in [2.45, 2.75) is 19.9 Å². The van der Waals surface area contributed by atoms with Crippen LogP contribution in [0.5, 0.6) is 0 Å². The highest BCUT2D eigenvalue weighted by Gasteiger charge is 2.14. The van der Waals surface area contributed by atoms with Crippen LogP contribution in [0.1, 0.15) is 13.8 Å². The van der Waals surface area contributed by atoms with Crippen LogP contribution in [0.3, 0.4) is 0 Å². The van der Waals surface area contributed by atoms with Crippen molar-refractivity contribution in [3.8, 4) is 0 Å². The monoisotopic (exact) mass is 332 g/mol. The van der Waals surface area contributed by atoms with Gasteiger partial charge in [0.2, 0.25) is 5.91 Å². The lowest BCUT2D eigenvalue weighted by Crippen LogP contribution is -2.39. The molecule has 0 saturated carbocycles. The summed E-state index contributed by atoms with van der Waals surface area (Å²) in [5.41, 5.74) is 0.154. The van der Waals surface area contributed by atoms with Crippen LogP contribution in [0, 0.1) is 5.82 Å². The van der Waals surface area contributed by atoms with Gasteiger partial charge in [0.05, 0.1) is 18.8 Å². The minimum atomic E-state index is -0.485. The second-order valence-corrected chi connectivity index (χ2v) is 5.38. The average molecular weight is 333 g/mol. The fourth-order valence-electron chi connectivity index (χ4n) is 1.61. The van der Waals surface area contributed by atoms with Crippen molar-refractivity contribution in [1.82, 2.24) is 4.90 Å². The number of aliphatic hydroxyl groups excluding tert-OH is 1. The van der Waals surface area contributed by atoms with Gasteiger partial charge in [0.1, 0.15) is 5.82 Å². The van der Waals surface area contributed by atoms with Crippen LogP contribution in [-0.4, -0.2) is 41.7 Å². The molecule has 1 aromatic rings. The number of nitrogens with one attached hydrogen (secondary N) is 1. The zero-order chi connectivity index (χ0) is 14.4. The molecular formula is C13H18BrFN2O2. The highest BCUT2D eigenvalue weighted by molar-refractivity contribution is 9.10. The average Bonchev–Trinajstić information content (AvgIpc) is 2.32. The summed E-state index contributed by atoms with van der Waals surface area (Å²) in [4.78, 5) is 13.6. The Kier molecular flexibility index (Phi) is 6.41. The molecule has 106 valence electrons. The third-order valence-corrected chi connectivity index (χ3v) is 3.16. The van der Waals surface area contributed by atoms with E-state index in [0.717, 1.165) is 0 Å². The minimum Gasteiger partial charge on any atom is -0.395 e. The Bertz CT molecular complexity index is 441. The van der Waals surface area contributed by atoms with Gasteiger partial charge in [-0.2, -0.15) is 0 Å². The Balaban J connectivity index is 2.63. The molecule has 0 spiro atoms. The fraction of sp³-hybridized carbons (Fsp3) is 0.462. The van der Waals surface area contributed by atoms with E-state index in [4.69, 9.17) is 5.11 Å². The molecule has 0 fully saturated rings. The van der Waals surface area contributed by atoms with Gasteiger partial charge in [-0.1, -0.05) is 15.9 Å². The molecule has 1 amide bonds. The van der Waals surface area contributed by atoms with E-state index in [1.807, 2.05) is 18.7 Å². The highest BCUT2D eigenvalue weighted by atomic mass is 79.9. The number of halogens is 2. The highest BCUT2D eigenvalue weighted by Crippen LogP contribution is 2.19. The number of benzene rings is 1. The fourth-order valence-corrected chi connectivity index (χ4v) is 1.95. The molecule has 1 rings (SSSR count). The normalized spacial score (nSPS) is 11.1. The summed E-state index contributed by atoms with van der Waals surface area (Å²) in [5, 5.41) is 11.4. The van der Waals surface area contributed by atoms with Gasteiger partial charge in [-0.25, -0.2) is 4.39 Å². The SMILES string of the molecule is CC(C)N(CCO)CC(=O)Nc1ccc(Br)cc1F. The lowest BCUT2D eigenvalue weighted by atomic mass is 10.3. The summed E-state index contributed by atoms with van der Waals surface area (Å²) in [6.07, 6.45) is 0. The van der Waals surface area contributed by atoms with Gasteiger partial charge in [-0.05, 0) is 32.0 Å². The Morgan fingerprint density at radius 2 is 2.21 bits per heavy atom. The number of carbonyl (C=O) groups is 1. The van der Waals surface area contributed by atoms with Gasteiger partial charge < -0.3 is 10.4 Å². The molecule has 0 atom stereocenters. The summed E-state index contributed by atoms with van der Waals surface area (Å²) in [6, 6.07) is 4.59. The summed E-state index contributed by atoms with van der Waals surface area (Å²) >= 11 is 3.15. The van der Waals surface area contributed by atoms with Gasteiger partial charge in [0.25, 0.3) is 0 Å². The molecule has 19 heavy (non-hydrogen) atoms. The number of carbonyl (C=O) groups excluding carboxylic acids is 1. The summed E-state index contributed by atoms with van der Waals surface area (Å²) in [6.45, 7) is 4.38. The Morgan fingerprint density at radius 3 is 2.74 bits per heavy atom. The quantitative estimate of drug-likeness (QED) is 0.839. The molecule has 4 nitrogen and oxygen atoms in total. The van der Waals surface area contributed by atoms with Crippen LogP contribution in [0.2, 0.25) is 0 Å². The van der Waals surface area contributed by atoms with Crippen molar-refractivity contribution < 1.29 is 14.3 Å². The Hall–Kier alpha value is -0.980. The Morgan fingerprint density at radius 1 is 1.53 bits per heavy atom. The van der Waals surface area contributed by atoms with Crippen LogP contribution < -0.4 is 5.32 Å². The van der Waals surface area contributed by atoms with E-state index in [0.29, 0.717) is 11.0 Å². The van der Waals surface area contributed by atoms with E-state index in [1.54, 1.807) is 6.07 Å². The molecule has 0 radical (unpaired) electrons. The van der Waals surface area contributed by atoms with Crippen LogP contribution in [-0.2, 0) is 4.79 Å². The zero-order valence-corrected chi connectivity index (χ0v) is 12.6. The van der Waals surface area contributed by atoms with Crippen molar-refractivity contribution in [2.75, 3.05) is 25.0 Å². The second-order valence-electron chi connectivity index (χ2n) is 4.46. The summed E-state index contributed by atoms with van der Waals surface area (Å²) in [7, 11) is 0. The maximum Gasteiger partial charge on any atom is 0.238 e. The number of anilines is 1. The van der Waals surface area contributed by atoms with Crippen molar-refractivity contribution in [3.63, 3.8) is 0 Å². The maximum absolute atomic E-state index is 13.6. The predicted octanol–water partition coefficient (Wildman–Crippen LogP) is 2.23. The Labute approximate surface area is 120 Å². The van der Waals surface area contributed by atoms with Gasteiger partial charge >= 0.3 is 0 Å². The number of rotatable bonds is 6. The van der Waals surface area contributed by atoms with Gasteiger partial charge in [-0.15, -0.1) is 0 Å². The predicted molar refractivity (Wildman–Crippen MR) is 76.5 cm³/mol. The molecule has 0 aliphatic rings. The lowest BCUT2D eigenvalue weighted by molar-refractivity contribution is -0.117. The van der Waals surface area contributed by atoms with E-state index in [1.165, 1.54) is 12.1 Å². The summed E-state index contributed by atoms with van der Waals surface area (Å²) < 4.78 is 14.2. The van der Waals surface area contributed by atoms with E-state index in [2.05, 4.69) is 21.2 Å². The van der Waals surface area contributed by atoms with Crippen molar-refractivity contribution >= 4 is 27.5 Å². The first kappa shape index (κ1) is 16.1. The molecule has 0 aromatic heterocycles. The standard InChI is InChI=1S/C13H18BrFN2O2/c1-9(2)17(5-6-18)8-13(19)16-12-4-3-10(14)7-11(12)15/h3-4,7,9,18H,5-6,8H2,1-2H3,(H,16,19). The van der Waals surface area contributed by atoms with Gasteiger partial charge in [0.15, 0.2) is 0 Å². The maximum atomic E-state index is 13.6. The molecule has 0 aliphatic carbocycles. The topological polar surface area (TPSA) is 52.6 Å². The first-order valence-corrected chi connectivity index (χ1v) is 6.83. The van der Waals surface area contributed by atoms with E-state index >= 15 is 0 Å². The number of amides is 1. The molecule has 6 heteroatoms. The van der Waals surface area contributed by atoms with E-state index in [9.17, 15) is 9.18 Å². The van der Waals surface area contributed by atoms with Crippen LogP contribution >= 0.6 is 15.9 Å². The molecule has 2 N–H and O–H groups in total. The molecular weight excluding hydrogens is 315 g/mol. The smallest absolute Gasteiger partial charge is 0.238 e. The lowest BCUT2D eigenvalue weighted by Gasteiger charge is -2.24. The molecule has 1 aromatic carbocycles. The molecule has 0 aliphatic heterocycles. The van der Waals surface area contributed by atoms with E-state index < -0.39 is 5.82 Å². The van der Waals surface area contributed by atoms with Crippen molar-refractivity contribution in [3.05, 3.63) is 28.5 Å². The number of nitrogens with zero attached hydrogens (tertiary/aromatic N) is 1. The minimum absolute atomic E-state index is 0.0158. The molecule has 0 unspecified atom stereocenters. The second kappa shape index (κ2) is 7.57. The van der Waals surface area contributed by atoms with Crippen molar-refractivity contribution in [1.29, 1.82) is 0 Å². The van der Waals surface area contributed by atoms with E-state index in [-0.39, 0.29) is 30.8 Å². The third kappa shape index (κ3) is 5.26. The van der Waals surface area contributed by atoms with Crippen LogP contribution in [0.4, 0.5) is 10.1 Å². The van der Waals surface area contributed by atoms with Gasteiger partial charge in [-0.3, -0.25) is 9.69 Å². The van der Waals surface area contributed by atoms with Crippen molar-refractivity contribution in [2.24, 2.45) is 0 Å². The van der Waals surface area contributed by atoms with Gasteiger partial charge in [0, 0.05) is 17.1 Å². The number of hydrogen-bond donors (Lipinski definition) is 2. The molecule has 0 bridgehead atoms. The molecule has 0 saturated heterocycles. The molecule has 0 heterocycles. The third-order valence-electron chi connectivity index (χ3n) is 2.67. The van der Waals surface area contributed by atoms with Crippen LogP contribution in [0.25, 0.3) is 0 Å². The first-order chi connectivity index (χ1) is 8.93. The first-order valence-electron chi connectivity index (χ1n) is 6.04. The van der Waals surface area contributed by atoms with Crippen LogP contribution in [0.15, 0.2) is 22.7 Å².